The molecule has 160 valence electrons. The van der Waals surface area contributed by atoms with Crippen LogP contribution in [0, 0.1) is 0 Å². The summed E-state index contributed by atoms with van der Waals surface area (Å²) in [5.74, 6) is 0. The Morgan fingerprint density at radius 2 is 1.73 bits per heavy atom. The molecule has 1 saturated heterocycles. The Bertz CT molecular complexity index is 1140. The zero-order valence-electron chi connectivity index (χ0n) is 17.7. The van der Waals surface area contributed by atoms with Gasteiger partial charge in [-0.2, -0.15) is 4.31 Å². The van der Waals surface area contributed by atoms with Gasteiger partial charge in [0, 0.05) is 30.9 Å². The standard InChI is InChI=1S/C23H29N3O3S/c1-22(2,3)19-4-6-20(7-5-19)30(28,29)26-14-10-23(27,11-15-26)17-25-13-9-18-8-12-24-16-21(18)25/h4-9,12-13,16,27H,10-11,14-15,17H2,1-3H3. The highest BCUT2D eigenvalue weighted by Gasteiger charge is 2.37. The zero-order valence-corrected chi connectivity index (χ0v) is 18.6. The molecule has 1 aromatic carbocycles. The minimum atomic E-state index is -3.57. The first-order valence-corrected chi connectivity index (χ1v) is 11.7. The van der Waals surface area contributed by atoms with E-state index in [4.69, 9.17) is 0 Å². The second kappa shape index (κ2) is 7.48. The number of aliphatic hydroxyl groups is 1. The molecule has 0 bridgehead atoms. The molecule has 2 aromatic heterocycles. The van der Waals surface area contributed by atoms with Crippen molar-refractivity contribution in [1.82, 2.24) is 13.9 Å². The minimum absolute atomic E-state index is 0.0257. The van der Waals surface area contributed by atoms with Crippen LogP contribution in [0.1, 0.15) is 39.2 Å². The van der Waals surface area contributed by atoms with Crippen molar-refractivity contribution >= 4 is 20.9 Å². The van der Waals surface area contributed by atoms with Crippen LogP contribution in [0.4, 0.5) is 0 Å². The van der Waals surface area contributed by atoms with E-state index in [1.165, 1.54) is 4.31 Å². The Morgan fingerprint density at radius 1 is 1.07 bits per heavy atom. The van der Waals surface area contributed by atoms with E-state index in [2.05, 4.69) is 25.8 Å². The molecule has 0 atom stereocenters. The average molecular weight is 428 g/mol. The number of fused-ring (bicyclic) bond motifs is 1. The van der Waals surface area contributed by atoms with Gasteiger partial charge >= 0.3 is 0 Å². The van der Waals surface area contributed by atoms with Gasteiger partial charge in [0.25, 0.3) is 0 Å². The first kappa shape index (κ1) is 21.0. The summed E-state index contributed by atoms with van der Waals surface area (Å²) < 4.78 is 29.7. The quantitative estimate of drug-likeness (QED) is 0.691. The lowest BCUT2D eigenvalue weighted by Crippen LogP contribution is -2.48. The Morgan fingerprint density at radius 3 is 2.37 bits per heavy atom. The molecule has 1 fully saturated rings. The third kappa shape index (κ3) is 4.02. The summed E-state index contributed by atoms with van der Waals surface area (Å²) in [6.07, 6.45) is 6.28. The van der Waals surface area contributed by atoms with Gasteiger partial charge < -0.3 is 9.67 Å². The van der Waals surface area contributed by atoms with Gasteiger partial charge in [-0.3, -0.25) is 4.98 Å². The smallest absolute Gasteiger partial charge is 0.243 e. The topological polar surface area (TPSA) is 75.4 Å². The van der Waals surface area contributed by atoms with Gasteiger partial charge in [0.15, 0.2) is 0 Å². The van der Waals surface area contributed by atoms with E-state index in [9.17, 15) is 13.5 Å². The molecule has 6 nitrogen and oxygen atoms in total. The van der Waals surface area contributed by atoms with Crippen LogP contribution < -0.4 is 0 Å². The fourth-order valence-electron chi connectivity index (χ4n) is 4.06. The van der Waals surface area contributed by atoms with Crippen LogP contribution in [-0.4, -0.2) is 46.1 Å². The van der Waals surface area contributed by atoms with Crippen molar-refractivity contribution in [3.8, 4) is 0 Å². The summed E-state index contributed by atoms with van der Waals surface area (Å²) in [4.78, 5) is 4.48. The van der Waals surface area contributed by atoms with E-state index in [0.29, 0.717) is 37.4 Å². The maximum atomic E-state index is 13.1. The molecule has 4 rings (SSSR count). The Labute approximate surface area is 178 Å². The normalized spacial score (nSPS) is 18.0. The monoisotopic (exact) mass is 427 g/mol. The largest absolute Gasteiger partial charge is 0.388 e. The summed E-state index contributed by atoms with van der Waals surface area (Å²) in [6, 6.07) is 11.1. The van der Waals surface area contributed by atoms with Crippen LogP contribution in [0.2, 0.25) is 0 Å². The summed E-state index contributed by atoms with van der Waals surface area (Å²) in [6.45, 7) is 7.34. The van der Waals surface area contributed by atoms with Crippen LogP contribution in [0.3, 0.4) is 0 Å². The predicted molar refractivity (Wildman–Crippen MR) is 118 cm³/mol. The van der Waals surface area contributed by atoms with Gasteiger partial charge in [-0.25, -0.2) is 8.42 Å². The fourth-order valence-corrected chi connectivity index (χ4v) is 5.50. The van der Waals surface area contributed by atoms with Gasteiger partial charge in [-0.1, -0.05) is 32.9 Å². The van der Waals surface area contributed by atoms with E-state index in [1.54, 1.807) is 24.5 Å². The van der Waals surface area contributed by atoms with Crippen molar-refractivity contribution in [3.05, 3.63) is 60.6 Å². The van der Waals surface area contributed by atoms with Crippen LogP contribution in [-0.2, 0) is 22.0 Å². The minimum Gasteiger partial charge on any atom is -0.388 e. The molecule has 0 radical (unpaired) electrons. The molecule has 1 aliphatic heterocycles. The number of nitrogens with zero attached hydrogens (tertiary/aromatic N) is 3. The Balaban J connectivity index is 1.46. The molecular weight excluding hydrogens is 398 g/mol. The maximum Gasteiger partial charge on any atom is 0.243 e. The van der Waals surface area contributed by atoms with E-state index in [-0.39, 0.29) is 5.41 Å². The molecule has 0 spiro atoms. The number of benzene rings is 1. The van der Waals surface area contributed by atoms with Gasteiger partial charge in [-0.05, 0) is 48.1 Å². The number of sulfonamides is 1. The summed E-state index contributed by atoms with van der Waals surface area (Å²) >= 11 is 0. The number of rotatable bonds is 4. The molecular formula is C23H29N3O3S. The fraction of sp³-hybridized carbons (Fsp3) is 0.435. The molecule has 0 unspecified atom stereocenters. The number of hydrogen-bond acceptors (Lipinski definition) is 4. The lowest BCUT2D eigenvalue weighted by Gasteiger charge is -2.38. The van der Waals surface area contributed by atoms with Gasteiger partial charge in [0.2, 0.25) is 10.0 Å². The number of pyridine rings is 1. The molecule has 0 saturated carbocycles. The summed E-state index contributed by atoms with van der Waals surface area (Å²) in [7, 11) is -3.57. The predicted octanol–water partition coefficient (Wildman–Crippen LogP) is 3.55. The highest BCUT2D eigenvalue weighted by molar-refractivity contribution is 7.89. The molecule has 3 aromatic rings. The lowest BCUT2D eigenvalue weighted by molar-refractivity contribution is -0.0185. The van der Waals surface area contributed by atoms with Crippen molar-refractivity contribution in [2.24, 2.45) is 0 Å². The van der Waals surface area contributed by atoms with Gasteiger partial charge in [0.1, 0.15) is 0 Å². The van der Waals surface area contributed by atoms with Crippen LogP contribution >= 0.6 is 0 Å². The van der Waals surface area contributed by atoms with Crippen molar-refractivity contribution in [2.45, 2.75) is 56.1 Å². The molecule has 3 heterocycles. The van der Waals surface area contributed by atoms with E-state index in [0.717, 1.165) is 16.5 Å². The molecule has 0 aliphatic carbocycles. The lowest BCUT2D eigenvalue weighted by atomic mass is 9.87. The SMILES string of the molecule is CC(C)(C)c1ccc(S(=O)(=O)N2CCC(O)(Cn3ccc4ccncc43)CC2)cc1. The van der Waals surface area contributed by atoms with Crippen LogP contribution in [0.15, 0.2) is 59.9 Å². The van der Waals surface area contributed by atoms with E-state index >= 15 is 0 Å². The van der Waals surface area contributed by atoms with Gasteiger partial charge in [0.05, 0.1) is 28.8 Å². The number of piperidine rings is 1. The van der Waals surface area contributed by atoms with Crippen LogP contribution in [0.25, 0.3) is 10.9 Å². The van der Waals surface area contributed by atoms with Crippen molar-refractivity contribution < 1.29 is 13.5 Å². The first-order valence-electron chi connectivity index (χ1n) is 10.3. The summed E-state index contributed by atoms with van der Waals surface area (Å²) in [5.41, 5.74) is 1.11. The first-order chi connectivity index (χ1) is 14.1. The van der Waals surface area contributed by atoms with Crippen LogP contribution in [0.5, 0.6) is 0 Å². The molecule has 1 N–H and O–H groups in total. The Kier molecular flexibility index (Phi) is 5.24. The Hall–Kier alpha value is -2.22. The molecule has 0 amide bonds. The highest BCUT2D eigenvalue weighted by Crippen LogP contribution is 2.30. The maximum absolute atomic E-state index is 13.1. The third-order valence-corrected chi connectivity index (χ3v) is 7.96. The molecule has 7 heteroatoms. The summed E-state index contributed by atoms with van der Waals surface area (Å²) in [5, 5.41) is 12.2. The van der Waals surface area contributed by atoms with E-state index < -0.39 is 15.6 Å². The second-order valence-electron chi connectivity index (χ2n) is 9.28. The van der Waals surface area contributed by atoms with Gasteiger partial charge in [-0.15, -0.1) is 0 Å². The molecule has 1 aliphatic rings. The second-order valence-corrected chi connectivity index (χ2v) is 11.2. The van der Waals surface area contributed by atoms with Crippen molar-refractivity contribution in [1.29, 1.82) is 0 Å². The highest BCUT2D eigenvalue weighted by atomic mass is 32.2. The number of aromatic nitrogens is 2. The zero-order chi connectivity index (χ0) is 21.6. The molecule has 30 heavy (non-hydrogen) atoms. The van der Waals surface area contributed by atoms with Crippen molar-refractivity contribution in [3.63, 3.8) is 0 Å². The van der Waals surface area contributed by atoms with Crippen molar-refractivity contribution in [2.75, 3.05) is 13.1 Å². The third-order valence-electron chi connectivity index (χ3n) is 6.05. The number of hydrogen-bond donors (Lipinski definition) is 1. The van der Waals surface area contributed by atoms with E-state index in [1.807, 2.05) is 35.0 Å². The average Bonchev–Trinajstić information content (AvgIpc) is 3.10.